The molecule has 1 heterocycles. The molecule has 25 heavy (non-hydrogen) atoms. The van der Waals surface area contributed by atoms with Crippen LogP contribution in [0.15, 0.2) is 47.7 Å². The lowest BCUT2D eigenvalue weighted by molar-refractivity contribution is 0.414. The van der Waals surface area contributed by atoms with Gasteiger partial charge in [0.2, 0.25) is 0 Å². The summed E-state index contributed by atoms with van der Waals surface area (Å²) in [6, 6.07) is 10.1. The summed E-state index contributed by atoms with van der Waals surface area (Å²) in [5.74, 6) is 1.80. The van der Waals surface area contributed by atoms with Gasteiger partial charge in [-0.25, -0.2) is 0 Å². The highest BCUT2D eigenvalue weighted by Crippen LogP contribution is 2.12. The molecular formula is C18H28IN5O. The molecule has 0 atom stereocenters. The maximum Gasteiger partial charge on any atom is 0.193 e. The summed E-state index contributed by atoms with van der Waals surface area (Å²) >= 11 is 0. The fourth-order valence-corrected chi connectivity index (χ4v) is 2.40. The Morgan fingerprint density at radius 3 is 2.68 bits per heavy atom. The SMILES string of the molecule is CCNC(=NCCCn1cccn1)N(C)Cc1ccc(OC)cc1.I. The zero-order valence-corrected chi connectivity index (χ0v) is 17.5. The van der Waals surface area contributed by atoms with Crippen LogP contribution in [0, 0.1) is 0 Å². The molecule has 6 nitrogen and oxygen atoms in total. The zero-order chi connectivity index (χ0) is 17.2. The monoisotopic (exact) mass is 457 g/mol. The second kappa shape index (κ2) is 11.7. The molecule has 0 aliphatic heterocycles. The Balaban J connectivity index is 0.00000312. The molecule has 138 valence electrons. The molecule has 0 saturated carbocycles. The van der Waals surface area contributed by atoms with Crippen LogP contribution in [0.1, 0.15) is 18.9 Å². The van der Waals surface area contributed by atoms with Gasteiger partial charge in [-0.05, 0) is 37.1 Å². The number of hydrogen-bond acceptors (Lipinski definition) is 3. The van der Waals surface area contributed by atoms with Crippen LogP contribution in [0.3, 0.4) is 0 Å². The number of aromatic nitrogens is 2. The van der Waals surface area contributed by atoms with Crippen molar-refractivity contribution in [2.24, 2.45) is 4.99 Å². The van der Waals surface area contributed by atoms with E-state index < -0.39 is 0 Å². The summed E-state index contributed by atoms with van der Waals surface area (Å²) in [6.07, 6.45) is 4.74. The molecule has 0 unspecified atom stereocenters. The van der Waals surface area contributed by atoms with Crippen molar-refractivity contribution in [3.63, 3.8) is 0 Å². The predicted octanol–water partition coefficient (Wildman–Crippen LogP) is 3.00. The van der Waals surface area contributed by atoms with Crippen LogP contribution >= 0.6 is 24.0 Å². The van der Waals surface area contributed by atoms with Crippen LogP contribution < -0.4 is 10.1 Å². The minimum absolute atomic E-state index is 0. The van der Waals surface area contributed by atoms with Crippen molar-refractivity contribution in [1.29, 1.82) is 0 Å². The number of aryl methyl sites for hydroxylation is 1. The number of nitrogens with one attached hydrogen (secondary N) is 1. The first-order valence-corrected chi connectivity index (χ1v) is 8.32. The quantitative estimate of drug-likeness (QED) is 0.287. The number of methoxy groups -OCH3 is 1. The highest BCUT2D eigenvalue weighted by atomic mass is 127. The van der Waals surface area contributed by atoms with Gasteiger partial charge in [-0.3, -0.25) is 9.67 Å². The summed E-state index contributed by atoms with van der Waals surface area (Å²) < 4.78 is 7.13. The van der Waals surface area contributed by atoms with Crippen LogP contribution in [-0.4, -0.2) is 47.9 Å². The fraction of sp³-hybridized carbons (Fsp3) is 0.444. The van der Waals surface area contributed by atoms with E-state index in [-0.39, 0.29) is 24.0 Å². The van der Waals surface area contributed by atoms with E-state index in [2.05, 4.69) is 41.4 Å². The molecule has 0 aliphatic carbocycles. The van der Waals surface area contributed by atoms with Crippen molar-refractivity contribution in [1.82, 2.24) is 20.0 Å². The lowest BCUT2D eigenvalue weighted by atomic mass is 10.2. The summed E-state index contributed by atoms with van der Waals surface area (Å²) in [7, 11) is 3.74. The van der Waals surface area contributed by atoms with Gasteiger partial charge in [0.05, 0.1) is 7.11 Å². The molecule has 1 N–H and O–H groups in total. The number of hydrogen-bond donors (Lipinski definition) is 1. The van der Waals surface area contributed by atoms with Crippen LogP contribution in [0.25, 0.3) is 0 Å². The van der Waals surface area contributed by atoms with Crippen molar-refractivity contribution in [3.8, 4) is 5.75 Å². The van der Waals surface area contributed by atoms with E-state index in [9.17, 15) is 0 Å². The maximum atomic E-state index is 5.20. The number of benzene rings is 1. The van der Waals surface area contributed by atoms with E-state index in [0.29, 0.717) is 0 Å². The van der Waals surface area contributed by atoms with Crippen LogP contribution in [0.4, 0.5) is 0 Å². The van der Waals surface area contributed by atoms with Gasteiger partial charge in [0.25, 0.3) is 0 Å². The Morgan fingerprint density at radius 1 is 1.32 bits per heavy atom. The van der Waals surface area contributed by atoms with Gasteiger partial charge in [-0.1, -0.05) is 12.1 Å². The standard InChI is InChI=1S/C18H27N5O.HI/c1-4-19-18(20-11-5-13-23-14-6-12-21-23)22(2)15-16-7-9-17(24-3)10-8-16;/h6-10,12,14H,4-5,11,13,15H2,1-3H3,(H,19,20);1H. The van der Waals surface area contributed by atoms with Crippen molar-refractivity contribution >= 4 is 29.9 Å². The molecule has 0 bridgehead atoms. The Hall–Kier alpha value is -1.77. The molecule has 1 aromatic carbocycles. The maximum absolute atomic E-state index is 5.20. The van der Waals surface area contributed by atoms with Crippen LogP contribution in [0.2, 0.25) is 0 Å². The van der Waals surface area contributed by atoms with Gasteiger partial charge >= 0.3 is 0 Å². The van der Waals surface area contributed by atoms with Crippen molar-refractivity contribution in [2.75, 3.05) is 27.2 Å². The third kappa shape index (κ3) is 7.33. The Labute approximate surface area is 167 Å². The molecule has 7 heteroatoms. The van der Waals surface area contributed by atoms with Gasteiger partial charge in [-0.2, -0.15) is 5.10 Å². The highest BCUT2D eigenvalue weighted by Gasteiger charge is 2.06. The number of aliphatic imine (C=N–C) groups is 1. The number of ether oxygens (including phenoxy) is 1. The van der Waals surface area contributed by atoms with Gasteiger partial charge in [-0.15, -0.1) is 24.0 Å². The molecule has 0 radical (unpaired) electrons. The number of nitrogens with zero attached hydrogens (tertiary/aromatic N) is 4. The summed E-state index contributed by atoms with van der Waals surface area (Å²) in [5.41, 5.74) is 1.22. The molecular weight excluding hydrogens is 429 g/mol. The zero-order valence-electron chi connectivity index (χ0n) is 15.2. The summed E-state index contributed by atoms with van der Waals surface area (Å²) in [4.78, 5) is 6.85. The number of guanidine groups is 1. The molecule has 2 rings (SSSR count). The smallest absolute Gasteiger partial charge is 0.193 e. The highest BCUT2D eigenvalue weighted by molar-refractivity contribution is 14.0. The number of halogens is 1. The minimum Gasteiger partial charge on any atom is -0.497 e. The summed E-state index contributed by atoms with van der Waals surface area (Å²) in [6.45, 7) is 5.40. The van der Waals surface area contributed by atoms with Gasteiger partial charge in [0.15, 0.2) is 5.96 Å². The first kappa shape index (κ1) is 21.3. The Morgan fingerprint density at radius 2 is 2.08 bits per heavy atom. The van der Waals surface area contributed by atoms with E-state index in [0.717, 1.165) is 44.3 Å². The molecule has 0 amide bonds. The predicted molar refractivity (Wildman–Crippen MR) is 113 cm³/mol. The van der Waals surface area contributed by atoms with Crippen molar-refractivity contribution in [3.05, 3.63) is 48.3 Å². The molecule has 0 spiro atoms. The molecule has 0 saturated heterocycles. The van der Waals surface area contributed by atoms with E-state index in [4.69, 9.17) is 9.73 Å². The molecule has 1 aromatic heterocycles. The fourth-order valence-electron chi connectivity index (χ4n) is 2.40. The largest absolute Gasteiger partial charge is 0.497 e. The van der Waals surface area contributed by atoms with Gasteiger partial charge < -0.3 is 15.0 Å². The van der Waals surface area contributed by atoms with E-state index in [1.807, 2.05) is 29.1 Å². The van der Waals surface area contributed by atoms with E-state index >= 15 is 0 Å². The van der Waals surface area contributed by atoms with Gasteiger partial charge in [0, 0.05) is 45.6 Å². The lowest BCUT2D eigenvalue weighted by Crippen LogP contribution is -2.38. The van der Waals surface area contributed by atoms with Crippen LogP contribution in [-0.2, 0) is 13.1 Å². The second-order valence-electron chi connectivity index (χ2n) is 5.56. The van der Waals surface area contributed by atoms with Crippen LogP contribution in [0.5, 0.6) is 5.75 Å². The minimum atomic E-state index is 0. The van der Waals surface area contributed by atoms with E-state index in [1.54, 1.807) is 13.3 Å². The average Bonchev–Trinajstić information content (AvgIpc) is 3.11. The molecule has 0 aliphatic rings. The van der Waals surface area contributed by atoms with Crippen molar-refractivity contribution in [2.45, 2.75) is 26.4 Å². The Kier molecular flexibility index (Phi) is 9.98. The molecule has 0 fully saturated rings. The first-order valence-electron chi connectivity index (χ1n) is 8.32. The third-order valence-corrected chi connectivity index (χ3v) is 3.64. The second-order valence-corrected chi connectivity index (χ2v) is 5.56. The number of rotatable bonds is 8. The van der Waals surface area contributed by atoms with Gasteiger partial charge in [0.1, 0.15) is 5.75 Å². The van der Waals surface area contributed by atoms with Crippen molar-refractivity contribution < 1.29 is 4.74 Å². The summed E-state index contributed by atoms with van der Waals surface area (Å²) in [5, 5.41) is 7.55. The average molecular weight is 457 g/mol. The molecule has 2 aromatic rings. The third-order valence-electron chi connectivity index (χ3n) is 3.64. The first-order chi connectivity index (χ1) is 11.7. The Bertz CT molecular complexity index is 613. The normalized spacial score (nSPS) is 10.9. The van der Waals surface area contributed by atoms with E-state index in [1.165, 1.54) is 5.56 Å². The topological polar surface area (TPSA) is 54.7 Å². The lowest BCUT2D eigenvalue weighted by Gasteiger charge is -2.22.